The second-order valence-corrected chi connectivity index (χ2v) is 5.46. The van der Waals surface area contributed by atoms with Crippen LogP contribution in [0.25, 0.3) is 0 Å². The maximum absolute atomic E-state index is 12.0. The molecule has 4 atom stereocenters. The van der Waals surface area contributed by atoms with E-state index in [0.717, 1.165) is 19.3 Å². The number of carbonyl (C=O) groups excluding carboxylic acids is 1. The Balaban J connectivity index is 2.14. The number of aliphatic hydroxyl groups excluding tert-OH is 1. The summed E-state index contributed by atoms with van der Waals surface area (Å²) in [5, 5.41) is 19.5. The largest absolute Gasteiger partial charge is 0.481 e. The first-order valence-electron chi connectivity index (χ1n) is 7.01. The molecule has 0 radical (unpaired) electrons. The highest BCUT2D eigenvalue weighted by Gasteiger charge is 2.47. The summed E-state index contributed by atoms with van der Waals surface area (Å²) < 4.78 is 5.03. The quantitative estimate of drug-likeness (QED) is 0.761. The second-order valence-electron chi connectivity index (χ2n) is 5.46. The maximum atomic E-state index is 12.0. The van der Waals surface area contributed by atoms with Gasteiger partial charge in [-0.25, -0.2) is 4.79 Å². The van der Waals surface area contributed by atoms with Crippen LogP contribution in [-0.2, 0) is 9.53 Å². The number of carboxylic acid groups (broad SMARTS) is 1. The van der Waals surface area contributed by atoms with E-state index in [1.54, 1.807) is 0 Å². The van der Waals surface area contributed by atoms with Gasteiger partial charge in [0.25, 0.3) is 0 Å². The number of likely N-dealkylation sites (tertiary alicyclic amines) is 1. The van der Waals surface area contributed by atoms with Gasteiger partial charge in [0.15, 0.2) is 0 Å². The van der Waals surface area contributed by atoms with Gasteiger partial charge >= 0.3 is 12.1 Å². The molecule has 1 aliphatic carbocycles. The zero-order chi connectivity index (χ0) is 14.7. The van der Waals surface area contributed by atoms with E-state index in [9.17, 15) is 14.7 Å². The van der Waals surface area contributed by atoms with E-state index in [4.69, 9.17) is 9.84 Å². The molecule has 1 saturated heterocycles. The van der Waals surface area contributed by atoms with Gasteiger partial charge in [-0.3, -0.25) is 4.79 Å². The lowest BCUT2D eigenvalue weighted by molar-refractivity contribution is -0.153. The molecule has 4 unspecified atom stereocenters. The minimum atomic E-state index is -1.03. The Morgan fingerprint density at radius 2 is 2.10 bits per heavy atom. The Kier molecular flexibility index (Phi) is 4.65. The van der Waals surface area contributed by atoms with Crippen LogP contribution < -0.4 is 0 Å². The van der Waals surface area contributed by atoms with E-state index in [1.807, 2.05) is 0 Å². The van der Waals surface area contributed by atoms with Crippen LogP contribution in [0.4, 0.5) is 4.79 Å². The molecular formula is C14H21NO5. The lowest BCUT2D eigenvalue weighted by atomic mass is 9.72. The first-order valence-corrected chi connectivity index (χ1v) is 7.01. The van der Waals surface area contributed by atoms with Crippen LogP contribution in [0.15, 0.2) is 12.7 Å². The van der Waals surface area contributed by atoms with Gasteiger partial charge in [-0.2, -0.15) is 0 Å². The van der Waals surface area contributed by atoms with Gasteiger partial charge in [-0.05, 0) is 31.6 Å². The van der Waals surface area contributed by atoms with E-state index in [1.165, 1.54) is 11.0 Å². The van der Waals surface area contributed by atoms with Crippen molar-refractivity contribution in [1.82, 2.24) is 4.90 Å². The molecule has 1 heterocycles. The average Bonchev–Trinajstić information content (AvgIpc) is 2.44. The molecule has 1 aliphatic heterocycles. The smallest absolute Gasteiger partial charge is 0.410 e. The number of ether oxygens (including phenoxy) is 1. The summed E-state index contributed by atoms with van der Waals surface area (Å²) in [7, 11) is 0. The predicted molar refractivity (Wildman–Crippen MR) is 71.1 cm³/mol. The molecule has 6 heteroatoms. The monoisotopic (exact) mass is 283 g/mol. The van der Waals surface area contributed by atoms with Gasteiger partial charge in [-0.15, -0.1) is 0 Å². The summed E-state index contributed by atoms with van der Waals surface area (Å²) in [6.45, 7) is 4.10. The van der Waals surface area contributed by atoms with Crippen molar-refractivity contribution in [2.75, 3.05) is 13.2 Å². The summed E-state index contributed by atoms with van der Waals surface area (Å²) in [5.41, 5.74) is 0. The van der Waals surface area contributed by atoms with E-state index >= 15 is 0 Å². The highest BCUT2D eigenvalue weighted by atomic mass is 16.6. The molecular weight excluding hydrogens is 262 g/mol. The molecule has 112 valence electrons. The molecule has 20 heavy (non-hydrogen) atoms. The SMILES string of the molecule is C=CCOC(=O)N1CCCC2CCC(C(=O)O)C(O)C21. The van der Waals surface area contributed by atoms with Crippen LogP contribution in [0.1, 0.15) is 25.7 Å². The normalized spacial score (nSPS) is 33.1. The molecule has 2 rings (SSSR count). The Bertz CT molecular complexity index is 397. The fraction of sp³-hybridized carbons (Fsp3) is 0.714. The summed E-state index contributed by atoms with van der Waals surface area (Å²) in [6, 6.07) is -0.448. The van der Waals surface area contributed by atoms with Crippen molar-refractivity contribution in [3.05, 3.63) is 12.7 Å². The van der Waals surface area contributed by atoms with Crippen LogP contribution >= 0.6 is 0 Å². The van der Waals surface area contributed by atoms with Crippen molar-refractivity contribution in [3.63, 3.8) is 0 Å². The van der Waals surface area contributed by atoms with Crippen molar-refractivity contribution in [2.24, 2.45) is 11.8 Å². The Labute approximate surface area is 118 Å². The highest BCUT2D eigenvalue weighted by Crippen LogP contribution is 2.38. The van der Waals surface area contributed by atoms with E-state index in [-0.39, 0.29) is 12.5 Å². The minimum Gasteiger partial charge on any atom is -0.481 e. The maximum Gasteiger partial charge on any atom is 0.410 e. The number of carbonyl (C=O) groups is 2. The molecule has 2 N–H and O–H groups in total. The number of hydrogen-bond donors (Lipinski definition) is 2. The summed E-state index contributed by atoms with van der Waals surface area (Å²) in [5.74, 6) is -1.64. The Morgan fingerprint density at radius 3 is 2.75 bits per heavy atom. The van der Waals surface area contributed by atoms with Crippen LogP contribution in [0.2, 0.25) is 0 Å². The van der Waals surface area contributed by atoms with Gasteiger partial charge in [-0.1, -0.05) is 12.7 Å². The number of amides is 1. The van der Waals surface area contributed by atoms with Crippen LogP contribution in [0.5, 0.6) is 0 Å². The molecule has 1 saturated carbocycles. The van der Waals surface area contributed by atoms with Gasteiger partial charge in [0.2, 0.25) is 0 Å². The molecule has 1 amide bonds. The number of rotatable bonds is 3. The molecule has 0 aromatic carbocycles. The van der Waals surface area contributed by atoms with Crippen molar-refractivity contribution in [1.29, 1.82) is 0 Å². The van der Waals surface area contributed by atoms with Crippen molar-refractivity contribution in [2.45, 2.75) is 37.8 Å². The molecule has 0 aromatic rings. The topological polar surface area (TPSA) is 87.1 Å². The van der Waals surface area contributed by atoms with E-state index in [0.29, 0.717) is 13.0 Å². The number of aliphatic hydroxyl groups is 1. The average molecular weight is 283 g/mol. The third-order valence-corrected chi connectivity index (χ3v) is 4.30. The van der Waals surface area contributed by atoms with Gasteiger partial charge in [0.1, 0.15) is 6.61 Å². The number of fused-ring (bicyclic) bond motifs is 1. The van der Waals surface area contributed by atoms with E-state index < -0.39 is 30.1 Å². The van der Waals surface area contributed by atoms with E-state index in [2.05, 4.69) is 6.58 Å². The zero-order valence-corrected chi connectivity index (χ0v) is 11.4. The Hall–Kier alpha value is -1.56. The zero-order valence-electron chi connectivity index (χ0n) is 11.4. The predicted octanol–water partition coefficient (Wildman–Crippen LogP) is 1.25. The number of hydrogen-bond acceptors (Lipinski definition) is 4. The molecule has 0 bridgehead atoms. The van der Waals surface area contributed by atoms with Crippen LogP contribution in [0, 0.1) is 11.8 Å². The number of piperidine rings is 1. The van der Waals surface area contributed by atoms with Crippen molar-refractivity contribution < 1.29 is 24.5 Å². The first kappa shape index (κ1) is 14.8. The minimum absolute atomic E-state index is 0.116. The lowest BCUT2D eigenvalue weighted by Crippen LogP contribution is -2.59. The summed E-state index contributed by atoms with van der Waals surface area (Å²) in [4.78, 5) is 24.7. The summed E-state index contributed by atoms with van der Waals surface area (Å²) in [6.07, 6.45) is 2.93. The molecule has 6 nitrogen and oxygen atoms in total. The fourth-order valence-corrected chi connectivity index (χ4v) is 3.37. The van der Waals surface area contributed by atoms with Crippen molar-refractivity contribution in [3.8, 4) is 0 Å². The molecule has 2 fully saturated rings. The number of carboxylic acids is 1. The third kappa shape index (κ3) is 2.80. The van der Waals surface area contributed by atoms with Crippen molar-refractivity contribution >= 4 is 12.1 Å². The molecule has 2 aliphatic rings. The standard InChI is InChI=1S/C14H21NO5/c1-2-8-20-14(19)15-7-3-4-9-5-6-10(13(17)18)12(16)11(9)15/h2,9-12,16H,1,3-8H2,(H,17,18). The summed E-state index contributed by atoms with van der Waals surface area (Å²) >= 11 is 0. The number of aliphatic carboxylic acids is 1. The third-order valence-electron chi connectivity index (χ3n) is 4.30. The van der Waals surface area contributed by atoms with Crippen LogP contribution in [-0.4, -0.2) is 52.5 Å². The molecule has 0 aromatic heterocycles. The van der Waals surface area contributed by atoms with Gasteiger partial charge < -0.3 is 19.8 Å². The number of nitrogens with zero attached hydrogens (tertiary/aromatic N) is 1. The molecule has 0 spiro atoms. The van der Waals surface area contributed by atoms with Gasteiger partial charge in [0, 0.05) is 6.54 Å². The highest BCUT2D eigenvalue weighted by molar-refractivity contribution is 5.72. The Morgan fingerprint density at radius 1 is 1.35 bits per heavy atom. The van der Waals surface area contributed by atoms with Gasteiger partial charge in [0.05, 0.1) is 18.1 Å². The van der Waals surface area contributed by atoms with Crippen LogP contribution in [0.3, 0.4) is 0 Å². The first-order chi connectivity index (χ1) is 9.56. The lowest BCUT2D eigenvalue weighted by Gasteiger charge is -2.47. The second kappa shape index (κ2) is 6.26. The fourth-order valence-electron chi connectivity index (χ4n) is 3.37.